The minimum atomic E-state index is -3.31. The largest absolute Gasteiger partial charge is 0.450 e. The Morgan fingerprint density at radius 2 is 1.75 bits per heavy atom. The van der Waals surface area contributed by atoms with Gasteiger partial charge in [0.2, 0.25) is 5.91 Å². The van der Waals surface area contributed by atoms with Crippen LogP contribution >= 0.6 is 11.3 Å². The lowest BCUT2D eigenvalue weighted by Crippen LogP contribution is -2.32. The van der Waals surface area contributed by atoms with E-state index in [1.807, 2.05) is 0 Å². The number of amides is 3. The van der Waals surface area contributed by atoms with Crippen LogP contribution in [-0.4, -0.2) is 39.2 Å². The highest BCUT2D eigenvalue weighted by Gasteiger charge is 2.27. The number of fused-ring (bicyclic) bond motifs is 1. The highest BCUT2D eigenvalue weighted by Crippen LogP contribution is 2.37. The van der Waals surface area contributed by atoms with Crippen molar-refractivity contribution >= 4 is 44.1 Å². The molecule has 32 heavy (non-hydrogen) atoms. The summed E-state index contributed by atoms with van der Waals surface area (Å²) in [6.45, 7) is 1.79. The molecule has 0 saturated heterocycles. The Bertz CT molecular complexity index is 1120. The number of carbonyl (C=O) groups is 3. The lowest BCUT2D eigenvalue weighted by Gasteiger charge is -2.10. The number of hydrogen-bond donors (Lipinski definition) is 2. The summed E-state index contributed by atoms with van der Waals surface area (Å²) >= 11 is 1.36. The van der Waals surface area contributed by atoms with Crippen LogP contribution in [0.3, 0.4) is 0 Å². The number of anilines is 1. The Morgan fingerprint density at radius 1 is 1.06 bits per heavy atom. The van der Waals surface area contributed by atoms with Gasteiger partial charge in [-0.05, 0) is 55.9 Å². The molecular weight excluding hydrogens is 452 g/mol. The fourth-order valence-corrected chi connectivity index (χ4v) is 5.54. The topological polar surface area (TPSA) is 119 Å². The molecule has 0 fully saturated rings. The molecule has 0 unspecified atom stereocenters. The molecule has 0 radical (unpaired) electrons. The molecule has 2 aromatic rings. The Morgan fingerprint density at radius 3 is 2.41 bits per heavy atom. The zero-order valence-corrected chi connectivity index (χ0v) is 19.7. The zero-order chi connectivity index (χ0) is 23.3. The van der Waals surface area contributed by atoms with Gasteiger partial charge in [0.1, 0.15) is 5.00 Å². The number of thiophene rings is 1. The summed E-state index contributed by atoms with van der Waals surface area (Å²) in [5.41, 5.74) is 1.84. The lowest BCUT2D eigenvalue weighted by molar-refractivity contribution is -0.115. The van der Waals surface area contributed by atoms with Gasteiger partial charge in [-0.25, -0.2) is 13.2 Å². The van der Waals surface area contributed by atoms with E-state index in [9.17, 15) is 22.8 Å². The Balaban J connectivity index is 1.81. The molecular formula is C22H26N2O6S2. The maximum absolute atomic E-state index is 12.9. The summed E-state index contributed by atoms with van der Waals surface area (Å²) in [5, 5.41) is 5.47. The van der Waals surface area contributed by atoms with E-state index >= 15 is 0 Å². The van der Waals surface area contributed by atoms with Crippen molar-refractivity contribution in [3.8, 4) is 0 Å². The van der Waals surface area contributed by atoms with Gasteiger partial charge in [0.15, 0.2) is 9.84 Å². The maximum atomic E-state index is 12.9. The van der Waals surface area contributed by atoms with Crippen LogP contribution in [-0.2, 0) is 38.6 Å². The molecule has 1 aromatic heterocycles. The van der Waals surface area contributed by atoms with E-state index in [2.05, 4.69) is 10.6 Å². The molecule has 0 aliphatic heterocycles. The van der Waals surface area contributed by atoms with Crippen molar-refractivity contribution in [2.45, 2.75) is 50.3 Å². The van der Waals surface area contributed by atoms with E-state index < -0.39 is 21.8 Å². The van der Waals surface area contributed by atoms with Gasteiger partial charge in [0.25, 0.3) is 5.91 Å². The smallest absolute Gasteiger partial charge is 0.414 e. The van der Waals surface area contributed by atoms with Crippen molar-refractivity contribution in [3.05, 3.63) is 45.8 Å². The zero-order valence-electron chi connectivity index (χ0n) is 18.0. The second-order valence-electron chi connectivity index (χ2n) is 7.58. The van der Waals surface area contributed by atoms with E-state index in [-0.39, 0.29) is 23.8 Å². The second-order valence-corrected chi connectivity index (χ2v) is 10.7. The van der Waals surface area contributed by atoms with Gasteiger partial charge in [-0.2, -0.15) is 0 Å². The van der Waals surface area contributed by atoms with Gasteiger partial charge < -0.3 is 10.1 Å². The number of benzene rings is 1. The third-order valence-electron chi connectivity index (χ3n) is 5.11. The summed E-state index contributed by atoms with van der Waals surface area (Å²) in [6.07, 6.45) is 4.85. The first-order chi connectivity index (χ1) is 15.2. The van der Waals surface area contributed by atoms with Crippen molar-refractivity contribution in [2.75, 3.05) is 18.2 Å². The van der Waals surface area contributed by atoms with Crippen LogP contribution < -0.4 is 10.6 Å². The lowest BCUT2D eigenvalue weighted by atomic mass is 10.0. The normalized spacial score (nSPS) is 13.6. The fraction of sp³-hybridized carbons (Fsp3) is 0.409. The highest BCUT2D eigenvalue weighted by molar-refractivity contribution is 7.90. The molecule has 2 N–H and O–H groups in total. The summed E-state index contributed by atoms with van der Waals surface area (Å²) in [4.78, 5) is 38.6. The van der Waals surface area contributed by atoms with Crippen LogP contribution in [0.1, 0.15) is 52.5 Å². The SMILES string of the molecule is CCOC(=O)NC(=O)c1c(NC(=O)Cc2ccc(S(C)(=O)=O)cc2)sc2c1CCCCC2. The average molecular weight is 479 g/mol. The Hall–Kier alpha value is -2.72. The van der Waals surface area contributed by atoms with Crippen LogP contribution in [0.25, 0.3) is 0 Å². The van der Waals surface area contributed by atoms with Crippen molar-refractivity contribution in [3.63, 3.8) is 0 Å². The molecule has 1 heterocycles. The van der Waals surface area contributed by atoms with E-state index in [0.717, 1.165) is 42.4 Å². The number of imide groups is 1. The van der Waals surface area contributed by atoms with Crippen molar-refractivity contribution < 1.29 is 27.5 Å². The quantitative estimate of drug-likeness (QED) is 0.614. The average Bonchev–Trinajstić information content (AvgIpc) is 2.88. The third kappa shape index (κ3) is 5.95. The van der Waals surface area contributed by atoms with Crippen LogP contribution in [0.15, 0.2) is 29.2 Å². The first-order valence-electron chi connectivity index (χ1n) is 10.4. The number of alkyl carbamates (subject to hydrolysis) is 1. The van der Waals surface area contributed by atoms with Crippen LogP contribution in [0.2, 0.25) is 0 Å². The summed E-state index contributed by atoms with van der Waals surface area (Å²) < 4.78 is 28.0. The van der Waals surface area contributed by atoms with Crippen LogP contribution in [0, 0.1) is 0 Å². The molecule has 0 spiro atoms. The Labute approximate surface area is 191 Å². The van der Waals surface area contributed by atoms with Crippen LogP contribution in [0.5, 0.6) is 0 Å². The summed E-state index contributed by atoms with van der Waals surface area (Å²) in [7, 11) is -3.31. The van der Waals surface area contributed by atoms with Gasteiger partial charge in [-0.3, -0.25) is 14.9 Å². The van der Waals surface area contributed by atoms with E-state index in [1.165, 1.54) is 23.5 Å². The molecule has 1 aliphatic rings. The number of nitrogens with one attached hydrogen (secondary N) is 2. The Kier molecular flexibility index (Phi) is 7.68. The predicted octanol–water partition coefficient (Wildman–Crippen LogP) is 3.49. The summed E-state index contributed by atoms with van der Waals surface area (Å²) in [6, 6.07) is 6.11. The fourth-order valence-electron chi connectivity index (χ4n) is 3.60. The molecule has 3 amide bonds. The monoisotopic (exact) mass is 478 g/mol. The van der Waals surface area contributed by atoms with Crippen molar-refractivity contribution in [1.82, 2.24) is 5.32 Å². The third-order valence-corrected chi connectivity index (χ3v) is 7.44. The van der Waals surface area contributed by atoms with Gasteiger partial charge in [-0.15, -0.1) is 11.3 Å². The molecule has 1 aliphatic carbocycles. The predicted molar refractivity (Wildman–Crippen MR) is 122 cm³/mol. The number of hydrogen-bond acceptors (Lipinski definition) is 7. The van der Waals surface area contributed by atoms with Gasteiger partial charge in [-0.1, -0.05) is 18.6 Å². The first kappa shape index (κ1) is 23.9. The molecule has 8 nitrogen and oxygen atoms in total. The van der Waals surface area contributed by atoms with E-state index in [1.54, 1.807) is 19.1 Å². The number of carbonyl (C=O) groups excluding carboxylic acids is 3. The standard InChI is InChI=1S/C22H26N2O6S2/c1-3-30-22(27)24-20(26)19-16-7-5-4-6-8-17(16)31-21(19)23-18(25)13-14-9-11-15(12-10-14)32(2,28)29/h9-12H,3-8,13H2,1-2H3,(H,23,25)(H,24,26,27). The molecule has 0 bridgehead atoms. The maximum Gasteiger partial charge on any atom is 0.414 e. The minimum Gasteiger partial charge on any atom is -0.450 e. The molecule has 10 heteroatoms. The number of aryl methyl sites for hydroxylation is 1. The van der Waals surface area contributed by atoms with Crippen LogP contribution in [0.4, 0.5) is 9.80 Å². The molecule has 3 rings (SSSR count). The number of ether oxygens (including phenoxy) is 1. The number of sulfone groups is 1. The number of rotatable bonds is 6. The minimum absolute atomic E-state index is 0.0194. The van der Waals surface area contributed by atoms with Gasteiger partial charge in [0, 0.05) is 11.1 Å². The molecule has 1 aromatic carbocycles. The van der Waals surface area contributed by atoms with Crippen molar-refractivity contribution in [1.29, 1.82) is 0 Å². The first-order valence-corrected chi connectivity index (χ1v) is 13.1. The molecule has 172 valence electrons. The van der Waals surface area contributed by atoms with Gasteiger partial charge in [0.05, 0.1) is 23.5 Å². The van der Waals surface area contributed by atoms with E-state index in [4.69, 9.17) is 4.74 Å². The molecule has 0 atom stereocenters. The van der Waals surface area contributed by atoms with E-state index in [0.29, 0.717) is 22.5 Å². The van der Waals surface area contributed by atoms with Crippen molar-refractivity contribution in [2.24, 2.45) is 0 Å². The summed E-state index contributed by atoms with van der Waals surface area (Å²) in [5.74, 6) is -0.922. The van der Waals surface area contributed by atoms with Gasteiger partial charge >= 0.3 is 6.09 Å². The second kappa shape index (κ2) is 10.3. The molecule has 0 saturated carbocycles. The highest BCUT2D eigenvalue weighted by atomic mass is 32.2.